The lowest BCUT2D eigenvalue weighted by atomic mass is 9.66. The second-order valence-electron chi connectivity index (χ2n) is 9.27. The van der Waals surface area contributed by atoms with Crippen LogP contribution in [0.25, 0.3) is 6.08 Å². The van der Waals surface area contributed by atoms with Crippen molar-refractivity contribution in [1.82, 2.24) is 0 Å². The largest absolute Gasteiger partial charge is 0.469 e. The van der Waals surface area contributed by atoms with Crippen LogP contribution in [0.2, 0.25) is 5.02 Å². The van der Waals surface area contributed by atoms with Crippen LogP contribution in [0.15, 0.2) is 88.9 Å². The Balaban J connectivity index is 1.55. The zero-order valence-electron chi connectivity index (χ0n) is 18.8. The number of halogens is 1. The summed E-state index contributed by atoms with van der Waals surface area (Å²) in [6.45, 7) is 0. The Morgan fingerprint density at radius 3 is 2.42 bits per heavy atom. The van der Waals surface area contributed by atoms with Gasteiger partial charge in [0.15, 0.2) is 17.3 Å². The minimum absolute atomic E-state index is 0.152. The maximum Gasteiger partial charge on any atom is 0.195 e. The molecular weight excluding hydrogens is 494 g/mol. The summed E-state index contributed by atoms with van der Waals surface area (Å²) in [5.41, 5.74) is 0.810. The minimum Gasteiger partial charge on any atom is -0.469 e. The molecule has 36 heavy (non-hydrogen) atoms. The Morgan fingerprint density at radius 2 is 1.75 bits per heavy atom. The van der Waals surface area contributed by atoms with Gasteiger partial charge < -0.3 is 9.32 Å². The molecule has 4 aromatic rings. The van der Waals surface area contributed by atoms with E-state index in [1.807, 2.05) is 40.6 Å². The maximum absolute atomic E-state index is 14.4. The first-order chi connectivity index (χ1) is 17.5. The van der Waals surface area contributed by atoms with Crippen molar-refractivity contribution in [1.29, 1.82) is 0 Å². The zero-order chi connectivity index (χ0) is 24.6. The van der Waals surface area contributed by atoms with Crippen molar-refractivity contribution < 1.29 is 18.8 Å². The van der Waals surface area contributed by atoms with Gasteiger partial charge in [0, 0.05) is 21.8 Å². The summed E-state index contributed by atoms with van der Waals surface area (Å²) in [6, 6.07) is 18.0. The number of thiophene rings is 1. The van der Waals surface area contributed by atoms with Crippen LogP contribution in [0.1, 0.15) is 47.6 Å². The van der Waals surface area contributed by atoms with Crippen molar-refractivity contribution in [2.45, 2.75) is 18.0 Å². The normalized spacial score (nSPS) is 23.1. The Labute approximate surface area is 215 Å². The average Bonchev–Trinajstić information content (AvgIpc) is 3.68. The highest BCUT2D eigenvalue weighted by Crippen LogP contribution is 2.61. The van der Waals surface area contributed by atoms with Gasteiger partial charge in [-0.2, -0.15) is 0 Å². The van der Waals surface area contributed by atoms with E-state index in [-0.39, 0.29) is 17.3 Å². The van der Waals surface area contributed by atoms with Crippen molar-refractivity contribution in [3.05, 3.63) is 117 Å². The summed E-state index contributed by atoms with van der Waals surface area (Å²) < 4.78 is 5.89. The van der Waals surface area contributed by atoms with E-state index < -0.39 is 23.4 Å². The van der Waals surface area contributed by atoms with Gasteiger partial charge in [0.2, 0.25) is 0 Å². The van der Waals surface area contributed by atoms with Gasteiger partial charge >= 0.3 is 0 Å². The van der Waals surface area contributed by atoms with E-state index >= 15 is 0 Å². The Hall–Kier alpha value is -3.74. The summed E-state index contributed by atoms with van der Waals surface area (Å²) in [7, 11) is 0. The first-order valence-electron chi connectivity index (χ1n) is 11.6. The monoisotopic (exact) mass is 511 g/mol. The van der Waals surface area contributed by atoms with Gasteiger partial charge in [0.25, 0.3) is 0 Å². The van der Waals surface area contributed by atoms with Gasteiger partial charge in [-0.1, -0.05) is 54.1 Å². The van der Waals surface area contributed by atoms with Gasteiger partial charge in [-0.25, -0.2) is 0 Å². The number of ketones is 3. The Bertz CT molecular complexity index is 1550. The third kappa shape index (κ3) is 2.63. The smallest absolute Gasteiger partial charge is 0.195 e. The fourth-order valence-corrected chi connectivity index (χ4v) is 7.17. The molecule has 5 nitrogen and oxygen atoms in total. The van der Waals surface area contributed by atoms with Crippen molar-refractivity contribution in [3.63, 3.8) is 0 Å². The quantitative estimate of drug-likeness (QED) is 0.238. The van der Waals surface area contributed by atoms with E-state index in [9.17, 15) is 14.4 Å². The molecule has 7 heteroatoms. The summed E-state index contributed by atoms with van der Waals surface area (Å²) in [5.74, 6) is -1.09. The maximum atomic E-state index is 14.4. The van der Waals surface area contributed by atoms with Crippen molar-refractivity contribution in [2.75, 3.05) is 4.90 Å². The summed E-state index contributed by atoms with van der Waals surface area (Å²) in [5, 5.41) is 2.41. The molecule has 0 radical (unpaired) electrons. The second-order valence-corrected chi connectivity index (χ2v) is 10.7. The average molecular weight is 512 g/mol. The Morgan fingerprint density at radius 1 is 0.972 bits per heavy atom. The number of benzene rings is 2. The highest BCUT2D eigenvalue weighted by Gasteiger charge is 2.72. The molecule has 4 heterocycles. The summed E-state index contributed by atoms with van der Waals surface area (Å²) >= 11 is 7.64. The predicted octanol–water partition coefficient (Wildman–Crippen LogP) is 6.31. The van der Waals surface area contributed by atoms with E-state index in [4.69, 9.17) is 16.0 Å². The van der Waals surface area contributed by atoms with E-state index in [1.165, 1.54) is 17.6 Å². The molecule has 0 N–H and O–H groups in total. The molecule has 2 aliphatic heterocycles. The summed E-state index contributed by atoms with van der Waals surface area (Å²) in [6.07, 6.45) is 5.29. The van der Waals surface area contributed by atoms with Gasteiger partial charge in [0.1, 0.15) is 17.2 Å². The molecule has 1 spiro atoms. The van der Waals surface area contributed by atoms with Gasteiger partial charge in [-0.05, 0) is 47.3 Å². The molecule has 7 rings (SSSR count). The molecule has 1 unspecified atom stereocenters. The molecule has 0 bridgehead atoms. The fourth-order valence-electron chi connectivity index (χ4n) is 6.29. The number of rotatable bonds is 3. The SMILES string of the molecule is O=C(c1cccs1)[C@@H]1[C@@H](c2ccco2)C2(C(=O)c3ccccc3C2=O)C2C=Cc3cc(Cl)ccc3N21. The first kappa shape index (κ1) is 21.5. The van der Waals surface area contributed by atoms with Crippen LogP contribution in [0.3, 0.4) is 0 Å². The van der Waals surface area contributed by atoms with Crippen LogP contribution >= 0.6 is 22.9 Å². The lowest BCUT2D eigenvalue weighted by Crippen LogP contribution is -2.48. The van der Waals surface area contributed by atoms with Crippen LogP contribution in [0.4, 0.5) is 5.69 Å². The molecular formula is C29H18ClNO4S. The first-order valence-corrected chi connectivity index (χ1v) is 12.8. The topological polar surface area (TPSA) is 67.6 Å². The third-order valence-electron chi connectivity index (χ3n) is 7.65. The second kappa shape index (κ2) is 7.63. The molecule has 2 aromatic heterocycles. The molecule has 1 fully saturated rings. The molecule has 0 amide bonds. The van der Waals surface area contributed by atoms with E-state index in [2.05, 4.69) is 0 Å². The number of nitrogens with zero attached hydrogens (tertiary/aromatic N) is 1. The van der Waals surface area contributed by atoms with E-state index in [0.717, 1.165) is 11.3 Å². The lowest BCUT2D eigenvalue weighted by Gasteiger charge is -2.37. The molecule has 1 aliphatic carbocycles. The molecule has 176 valence electrons. The highest BCUT2D eigenvalue weighted by molar-refractivity contribution is 7.12. The number of carbonyl (C=O) groups excluding carboxylic acids is 3. The number of anilines is 1. The molecule has 0 saturated carbocycles. The van der Waals surface area contributed by atoms with Crippen LogP contribution in [0, 0.1) is 5.41 Å². The fraction of sp³-hybridized carbons (Fsp3) is 0.138. The highest BCUT2D eigenvalue weighted by atomic mass is 35.5. The number of hydrogen-bond acceptors (Lipinski definition) is 6. The van der Waals surface area contributed by atoms with Crippen LogP contribution in [0.5, 0.6) is 0 Å². The number of fused-ring (bicyclic) bond motifs is 5. The van der Waals surface area contributed by atoms with Gasteiger partial charge in [-0.15, -0.1) is 11.3 Å². The predicted molar refractivity (Wildman–Crippen MR) is 138 cm³/mol. The van der Waals surface area contributed by atoms with Gasteiger partial charge in [0.05, 0.1) is 23.1 Å². The standard InChI is InChI=1S/C29H18ClNO4S/c30-17-10-11-20-16(15-17)9-12-23-29(27(33)18-5-1-2-6-19(18)28(29)34)24(21-7-3-13-35-21)25(31(20)23)26(32)22-8-4-14-36-22/h1-15,23-25H/t23?,24-,25+/m1/s1. The van der Waals surface area contributed by atoms with E-state index in [0.29, 0.717) is 26.8 Å². The molecule has 1 saturated heterocycles. The Kier molecular flexibility index (Phi) is 4.56. The van der Waals surface area contributed by atoms with Crippen molar-refractivity contribution in [2.24, 2.45) is 5.41 Å². The van der Waals surface area contributed by atoms with Crippen LogP contribution in [-0.4, -0.2) is 29.4 Å². The number of Topliss-reactive ketones (excluding diaryl/α,β-unsaturated/α-hetero) is 3. The molecule has 3 aliphatic rings. The number of carbonyl (C=O) groups is 3. The van der Waals surface area contributed by atoms with Crippen molar-refractivity contribution in [3.8, 4) is 0 Å². The van der Waals surface area contributed by atoms with Crippen LogP contribution < -0.4 is 4.90 Å². The molecule has 3 atom stereocenters. The minimum atomic E-state index is -1.55. The number of furan rings is 1. The number of hydrogen-bond donors (Lipinski definition) is 0. The third-order valence-corrected chi connectivity index (χ3v) is 8.77. The van der Waals surface area contributed by atoms with Crippen LogP contribution in [-0.2, 0) is 0 Å². The van der Waals surface area contributed by atoms with Crippen molar-refractivity contribution >= 4 is 52.1 Å². The zero-order valence-corrected chi connectivity index (χ0v) is 20.3. The molecule has 2 aromatic carbocycles. The van der Waals surface area contributed by atoms with E-state index in [1.54, 1.807) is 48.5 Å². The summed E-state index contributed by atoms with van der Waals surface area (Å²) in [4.78, 5) is 45.5. The van der Waals surface area contributed by atoms with Gasteiger partial charge in [-0.3, -0.25) is 14.4 Å². The lowest BCUT2D eigenvalue weighted by molar-refractivity contribution is 0.0652.